The zero-order valence-electron chi connectivity index (χ0n) is 13.6. The van der Waals surface area contributed by atoms with Crippen LogP contribution in [0.15, 0.2) is 57.6 Å². The third-order valence-electron chi connectivity index (χ3n) is 3.49. The van der Waals surface area contributed by atoms with Gasteiger partial charge in [0, 0.05) is 28.8 Å². The largest absolute Gasteiger partial charge is 0.347 e. The molecule has 0 fully saturated rings. The Morgan fingerprint density at radius 2 is 1.78 bits per heavy atom. The summed E-state index contributed by atoms with van der Waals surface area (Å²) in [4.78, 5) is 27.4. The molecule has 10 heteroatoms. The molecule has 27 heavy (non-hydrogen) atoms. The van der Waals surface area contributed by atoms with Crippen molar-refractivity contribution in [3.63, 3.8) is 0 Å². The summed E-state index contributed by atoms with van der Waals surface area (Å²) in [6.07, 6.45) is 0. The van der Waals surface area contributed by atoms with Crippen LogP contribution in [0.4, 0.5) is 16.5 Å². The van der Waals surface area contributed by atoms with Crippen LogP contribution < -0.4 is 10.6 Å². The lowest BCUT2D eigenvalue weighted by Gasteiger charge is -2.04. The van der Waals surface area contributed by atoms with E-state index in [0.29, 0.717) is 14.6 Å². The molecule has 0 bridgehead atoms. The quantitative estimate of drug-likeness (QED) is 0.348. The number of halogens is 2. The predicted octanol–water partition coefficient (Wildman–Crippen LogP) is 5.25. The predicted molar refractivity (Wildman–Crippen MR) is 112 cm³/mol. The molecular formula is C17H12Br2N4O3S. The summed E-state index contributed by atoms with van der Waals surface area (Å²) in [5.41, 5.74) is 1.64. The maximum atomic E-state index is 12.4. The molecule has 0 saturated heterocycles. The average molecular weight is 512 g/mol. The fraction of sp³-hybridized carbons (Fsp3) is 0.0588. The minimum absolute atomic E-state index is 0.0129. The molecule has 2 aromatic carbocycles. The van der Waals surface area contributed by atoms with Crippen molar-refractivity contribution in [1.82, 2.24) is 10.3 Å². The molecule has 0 spiro atoms. The number of hydrogen-bond acceptors (Lipinski definition) is 6. The minimum Gasteiger partial charge on any atom is -0.347 e. The van der Waals surface area contributed by atoms with Gasteiger partial charge in [-0.1, -0.05) is 39.4 Å². The molecule has 1 amide bonds. The molecular weight excluding hydrogens is 500 g/mol. The van der Waals surface area contributed by atoms with E-state index in [1.165, 1.54) is 23.5 Å². The molecule has 0 unspecified atom stereocenters. The molecule has 0 aliphatic rings. The second-order valence-electron chi connectivity index (χ2n) is 5.38. The number of non-ortho nitro benzene ring substituents is 1. The molecule has 2 N–H and O–H groups in total. The minimum atomic E-state index is -0.462. The lowest BCUT2D eigenvalue weighted by molar-refractivity contribution is -0.384. The van der Waals surface area contributed by atoms with Gasteiger partial charge in [-0.25, -0.2) is 4.98 Å². The van der Waals surface area contributed by atoms with Gasteiger partial charge in [-0.05, 0) is 45.8 Å². The third-order valence-corrected chi connectivity index (χ3v) is 5.82. The van der Waals surface area contributed by atoms with E-state index in [9.17, 15) is 14.9 Å². The number of nitro benzene ring substituents is 1. The molecule has 0 aliphatic heterocycles. The van der Waals surface area contributed by atoms with Gasteiger partial charge in [-0.2, -0.15) is 0 Å². The van der Waals surface area contributed by atoms with E-state index in [4.69, 9.17) is 0 Å². The zero-order valence-corrected chi connectivity index (χ0v) is 17.6. The van der Waals surface area contributed by atoms with Crippen molar-refractivity contribution >= 4 is 65.6 Å². The number of aromatic nitrogens is 1. The van der Waals surface area contributed by atoms with Crippen molar-refractivity contribution in [2.75, 3.05) is 5.32 Å². The smallest absolute Gasteiger partial charge is 0.269 e. The van der Waals surface area contributed by atoms with Gasteiger partial charge in [-0.15, -0.1) is 0 Å². The lowest BCUT2D eigenvalue weighted by Crippen LogP contribution is -2.22. The van der Waals surface area contributed by atoms with Gasteiger partial charge >= 0.3 is 0 Å². The molecule has 1 heterocycles. The first-order valence-corrected chi connectivity index (χ1v) is 10.0. The van der Waals surface area contributed by atoms with E-state index in [2.05, 4.69) is 47.5 Å². The van der Waals surface area contributed by atoms with Gasteiger partial charge in [-0.3, -0.25) is 14.9 Å². The maximum absolute atomic E-state index is 12.4. The van der Waals surface area contributed by atoms with Gasteiger partial charge in [0.05, 0.1) is 4.92 Å². The van der Waals surface area contributed by atoms with Crippen LogP contribution in [0.5, 0.6) is 0 Å². The Balaban J connectivity index is 1.63. The topological polar surface area (TPSA) is 97.2 Å². The highest BCUT2D eigenvalue weighted by molar-refractivity contribution is 9.10. The van der Waals surface area contributed by atoms with E-state index in [1.54, 1.807) is 12.1 Å². The first-order valence-electron chi connectivity index (χ1n) is 7.63. The Morgan fingerprint density at radius 1 is 1.11 bits per heavy atom. The number of carbonyl (C=O) groups excluding carboxylic acids is 1. The van der Waals surface area contributed by atoms with Crippen LogP contribution in [-0.2, 0) is 6.54 Å². The van der Waals surface area contributed by atoms with Crippen LogP contribution in [0, 0.1) is 10.1 Å². The molecule has 1 aromatic heterocycles. The maximum Gasteiger partial charge on any atom is 0.269 e. The summed E-state index contributed by atoms with van der Waals surface area (Å²) >= 11 is 7.91. The summed E-state index contributed by atoms with van der Waals surface area (Å²) in [5.74, 6) is -0.276. The summed E-state index contributed by atoms with van der Waals surface area (Å²) < 4.78 is 1.42. The van der Waals surface area contributed by atoms with Crippen LogP contribution in [0.1, 0.15) is 15.2 Å². The number of nitrogens with one attached hydrogen (secondary N) is 2. The van der Waals surface area contributed by atoms with Crippen molar-refractivity contribution in [3.05, 3.63) is 78.2 Å². The Hall–Kier alpha value is -2.30. The van der Waals surface area contributed by atoms with Crippen LogP contribution >= 0.6 is 43.2 Å². The SMILES string of the molecule is O=C(NCc1ccc([N+](=O)[O-])cc1)c1sc(Nc2ccc(Br)cc2)nc1Br. The summed E-state index contributed by atoms with van der Waals surface area (Å²) in [5, 5.41) is 17.2. The molecule has 3 rings (SSSR count). The highest BCUT2D eigenvalue weighted by Gasteiger charge is 2.16. The number of thiazole rings is 1. The Bertz CT molecular complexity index is 975. The molecule has 0 radical (unpaired) electrons. The van der Waals surface area contributed by atoms with E-state index in [-0.39, 0.29) is 18.1 Å². The highest BCUT2D eigenvalue weighted by atomic mass is 79.9. The summed E-state index contributed by atoms with van der Waals surface area (Å²) in [6, 6.07) is 13.6. The number of anilines is 2. The number of hydrogen-bond donors (Lipinski definition) is 2. The van der Waals surface area contributed by atoms with E-state index < -0.39 is 4.92 Å². The van der Waals surface area contributed by atoms with E-state index >= 15 is 0 Å². The van der Waals surface area contributed by atoms with Gasteiger partial charge in [0.2, 0.25) is 0 Å². The fourth-order valence-corrected chi connectivity index (χ4v) is 3.93. The Morgan fingerprint density at radius 3 is 2.41 bits per heavy atom. The zero-order chi connectivity index (χ0) is 19.4. The first kappa shape index (κ1) is 19.5. The molecule has 3 aromatic rings. The molecule has 7 nitrogen and oxygen atoms in total. The Kier molecular flexibility index (Phi) is 6.19. The number of rotatable bonds is 6. The molecule has 138 valence electrons. The van der Waals surface area contributed by atoms with Crippen LogP contribution in [-0.4, -0.2) is 15.8 Å². The number of amides is 1. The third kappa shape index (κ3) is 5.12. The number of carbonyl (C=O) groups is 1. The second-order valence-corrected chi connectivity index (χ2v) is 8.04. The number of benzene rings is 2. The van der Waals surface area contributed by atoms with Gasteiger partial charge in [0.25, 0.3) is 11.6 Å². The average Bonchev–Trinajstić information content (AvgIpc) is 3.02. The van der Waals surface area contributed by atoms with Crippen molar-refractivity contribution in [2.24, 2.45) is 0 Å². The monoisotopic (exact) mass is 510 g/mol. The first-order chi connectivity index (χ1) is 12.9. The lowest BCUT2D eigenvalue weighted by atomic mass is 10.2. The Labute approximate surface area is 175 Å². The fourth-order valence-electron chi connectivity index (χ4n) is 2.15. The molecule has 0 saturated carbocycles. The normalized spacial score (nSPS) is 10.4. The van der Waals surface area contributed by atoms with Gasteiger partial charge in [0.15, 0.2) is 5.13 Å². The van der Waals surface area contributed by atoms with Crippen molar-refractivity contribution in [1.29, 1.82) is 0 Å². The van der Waals surface area contributed by atoms with Gasteiger partial charge in [0.1, 0.15) is 9.48 Å². The number of nitro groups is 1. The van der Waals surface area contributed by atoms with E-state index in [1.807, 2.05) is 24.3 Å². The summed E-state index contributed by atoms with van der Waals surface area (Å²) in [6.45, 7) is 0.261. The number of nitrogens with zero attached hydrogens (tertiary/aromatic N) is 2. The van der Waals surface area contributed by atoms with E-state index in [0.717, 1.165) is 15.7 Å². The van der Waals surface area contributed by atoms with Crippen molar-refractivity contribution in [2.45, 2.75) is 6.54 Å². The standard InChI is InChI=1S/C17H12Br2N4O3S/c18-11-3-5-12(6-4-11)21-17-22-15(19)14(27-17)16(24)20-9-10-1-7-13(8-2-10)23(25)26/h1-8H,9H2,(H,20,24)(H,21,22). The highest BCUT2D eigenvalue weighted by Crippen LogP contribution is 2.30. The van der Waals surface area contributed by atoms with Crippen LogP contribution in [0.2, 0.25) is 0 Å². The van der Waals surface area contributed by atoms with Crippen LogP contribution in [0.25, 0.3) is 0 Å². The van der Waals surface area contributed by atoms with Gasteiger partial charge < -0.3 is 10.6 Å². The second kappa shape index (κ2) is 8.59. The molecule has 0 atom stereocenters. The van der Waals surface area contributed by atoms with Crippen LogP contribution in [0.3, 0.4) is 0 Å². The van der Waals surface area contributed by atoms with Crippen molar-refractivity contribution < 1.29 is 9.72 Å². The molecule has 0 aliphatic carbocycles. The van der Waals surface area contributed by atoms with Crippen molar-refractivity contribution in [3.8, 4) is 0 Å². The summed E-state index contributed by atoms with van der Waals surface area (Å²) in [7, 11) is 0.